The monoisotopic (exact) mass is 164 g/mol. The number of rotatable bonds is 3. The molecule has 1 atom stereocenters. The van der Waals surface area contributed by atoms with Gasteiger partial charge in [0, 0.05) is 6.20 Å². The summed E-state index contributed by atoms with van der Waals surface area (Å²) in [5.74, 6) is 1.35. The lowest BCUT2D eigenvalue weighted by Gasteiger charge is -2.07. The molecule has 0 amide bonds. The highest BCUT2D eigenvalue weighted by atomic mass is 14.8. The molecule has 0 radical (unpaired) electrons. The smallest absolute Gasteiger partial charge is 0.123 e. The standard InChI is InChI=1S/C10H16N2/c1-3-8(2)6-9-4-5-12-10(11)7-9/h4-5,7-8H,3,6H2,1-2H3,(H2,11,12). The van der Waals surface area contributed by atoms with Crippen molar-refractivity contribution in [3.05, 3.63) is 23.9 Å². The number of hydrogen-bond acceptors (Lipinski definition) is 2. The Hall–Kier alpha value is -1.05. The van der Waals surface area contributed by atoms with Crippen LogP contribution in [0, 0.1) is 5.92 Å². The average Bonchev–Trinajstić information content (AvgIpc) is 2.04. The molecule has 0 saturated carbocycles. The first-order valence-electron chi connectivity index (χ1n) is 4.42. The molecule has 2 nitrogen and oxygen atoms in total. The van der Waals surface area contributed by atoms with Gasteiger partial charge in [0.25, 0.3) is 0 Å². The van der Waals surface area contributed by atoms with E-state index in [1.807, 2.05) is 12.1 Å². The van der Waals surface area contributed by atoms with Crippen LogP contribution in [0.5, 0.6) is 0 Å². The van der Waals surface area contributed by atoms with Crippen LogP contribution in [-0.4, -0.2) is 4.98 Å². The van der Waals surface area contributed by atoms with E-state index in [2.05, 4.69) is 18.8 Å². The van der Waals surface area contributed by atoms with Gasteiger partial charge in [-0.1, -0.05) is 20.3 Å². The van der Waals surface area contributed by atoms with Gasteiger partial charge in [0.05, 0.1) is 0 Å². The van der Waals surface area contributed by atoms with E-state index >= 15 is 0 Å². The van der Waals surface area contributed by atoms with Gasteiger partial charge in [0.1, 0.15) is 5.82 Å². The van der Waals surface area contributed by atoms with Crippen molar-refractivity contribution in [2.24, 2.45) is 5.92 Å². The van der Waals surface area contributed by atoms with Crippen molar-refractivity contribution in [3.8, 4) is 0 Å². The molecule has 2 N–H and O–H groups in total. The number of hydrogen-bond donors (Lipinski definition) is 1. The van der Waals surface area contributed by atoms with Crippen LogP contribution in [0.15, 0.2) is 18.3 Å². The molecule has 0 bridgehead atoms. The van der Waals surface area contributed by atoms with Crippen LogP contribution >= 0.6 is 0 Å². The van der Waals surface area contributed by atoms with Crippen molar-refractivity contribution in [1.82, 2.24) is 4.98 Å². The maximum Gasteiger partial charge on any atom is 0.123 e. The minimum atomic E-state index is 0.621. The van der Waals surface area contributed by atoms with Crippen LogP contribution in [0.2, 0.25) is 0 Å². The van der Waals surface area contributed by atoms with Crippen LogP contribution < -0.4 is 5.73 Å². The third-order valence-electron chi connectivity index (χ3n) is 2.13. The van der Waals surface area contributed by atoms with Crippen molar-refractivity contribution in [2.75, 3.05) is 5.73 Å². The van der Waals surface area contributed by atoms with Gasteiger partial charge in [-0.3, -0.25) is 0 Å². The van der Waals surface area contributed by atoms with Crippen molar-refractivity contribution in [2.45, 2.75) is 26.7 Å². The Morgan fingerprint density at radius 1 is 1.58 bits per heavy atom. The van der Waals surface area contributed by atoms with Crippen LogP contribution in [0.25, 0.3) is 0 Å². The Balaban J connectivity index is 2.63. The van der Waals surface area contributed by atoms with Gasteiger partial charge in [-0.15, -0.1) is 0 Å². The fraction of sp³-hybridized carbons (Fsp3) is 0.500. The summed E-state index contributed by atoms with van der Waals surface area (Å²) in [5, 5.41) is 0. The Kier molecular flexibility index (Phi) is 3.09. The second kappa shape index (κ2) is 4.10. The molecule has 2 heteroatoms. The summed E-state index contributed by atoms with van der Waals surface area (Å²) in [4.78, 5) is 3.95. The second-order valence-electron chi connectivity index (χ2n) is 3.31. The zero-order chi connectivity index (χ0) is 8.97. The highest BCUT2D eigenvalue weighted by Gasteiger charge is 2.00. The summed E-state index contributed by atoms with van der Waals surface area (Å²) in [5.41, 5.74) is 6.85. The number of aromatic nitrogens is 1. The molecule has 0 aliphatic rings. The maximum atomic E-state index is 5.56. The van der Waals surface area contributed by atoms with Gasteiger partial charge in [-0.25, -0.2) is 4.98 Å². The van der Waals surface area contributed by atoms with E-state index in [4.69, 9.17) is 5.73 Å². The third kappa shape index (κ3) is 2.53. The summed E-state index contributed by atoms with van der Waals surface area (Å²) in [6.07, 6.45) is 4.08. The Bertz CT molecular complexity index is 245. The van der Waals surface area contributed by atoms with Gasteiger partial charge in [0.2, 0.25) is 0 Å². The summed E-state index contributed by atoms with van der Waals surface area (Å²) in [7, 11) is 0. The topological polar surface area (TPSA) is 38.9 Å². The van der Waals surface area contributed by atoms with Crippen molar-refractivity contribution < 1.29 is 0 Å². The Morgan fingerprint density at radius 3 is 2.92 bits per heavy atom. The van der Waals surface area contributed by atoms with Gasteiger partial charge in [-0.2, -0.15) is 0 Å². The van der Waals surface area contributed by atoms with Gasteiger partial charge < -0.3 is 5.73 Å². The third-order valence-corrected chi connectivity index (χ3v) is 2.13. The van der Waals surface area contributed by atoms with Gasteiger partial charge in [0.15, 0.2) is 0 Å². The fourth-order valence-electron chi connectivity index (χ4n) is 1.17. The second-order valence-corrected chi connectivity index (χ2v) is 3.31. The summed E-state index contributed by atoms with van der Waals surface area (Å²) in [6.45, 7) is 4.45. The highest BCUT2D eigenvalue weighted by molar-refractivity contribution is 5.31. The number of anilines is 1. The van der Waals surface area contributed by atoms with E-state index in [1.165, 1.54) is 12.0 Å². The van der Waals surface area contributed by atoms with Crippen LogP contribution in [0.4, 0.5) is 5.82 Å². The molecule has 1 unspecified atom stereocenters. The number of pyridine rings is 1. The molecule has 12 heavy (non-hydrogen) atoms. The first-order valence-corrected chi connectivity index (χ1v) is 4.42. The van der Waals surface area contributed by atoms with Crippen molar-refractivity contribution >= 4 is 5.82 Å². The number of nitrogens with zero attached hydrogens (tertiary/aromatic N) is 1. The molecule has 0 spiro atoms. The largest absolute Gasteiger partial charge is 0.384 e. The predicted octanol–water partition coefficient (Wildman–Crippen LogP) is 2.25. The Morgan fingerprint density at radius 2 is 2.33 bits per heavy atom. The zero-order valence-electron chi connectivity index (χ0n) is 7.75. The molecule has 0 aliphatic heterocycles. The van der Waals surface area contributed by atoms with Gasteiger partial charge >= 0.3 is 0 Å². The van der Waals surface area contributed by atoms with E-state index < -0.39 is 0 Å². The van der Waals surface area contributed by atoms with E-state index in [0.29, 0.717) is 5.82 Å². The molecular weight excluding hydrogens is 148 g/mol. The zero-order valence-corrected chi connectivity index (χ0v) is 7.75. The molecule has 1 aromatic heterocycles. The number of nitrogens with two attached hydrogens (primary N) is 1. The lowest BCUT2D eigenvalue weighted by atomic mass is 10.00. The molecular formula is C10H16N2. The number of nitrogen functional groups attached to an aromatic ring is 1. The first kappa shape index (κ1) is 9.04. The van der Waals surface area contributed by atoms with E-state index in [0.717, 1.165) is 12.3 Å². The summed E-state index contributed by atoms with van der Waals surface area (Å²) < 4.78 is 0. The summed E-state index contributed by atoms with van der Waals surface area (Å²) in [6, 6.07) is 3.98. The summed E-state index contributed by atoms with van der Waals surface area (Å²) >= 11 is 0. The van der Waals surface area contributed by atoms with Crippen LogP contribution in [-0.2, 0) is 6.42 Å². The maximum absolute atomic E-state index is 5.56. The molecule has 1 heterocycles. The van der Waals surface area contributed by atoms with Crippen molar-refractivity contribution in [1.29, 1.82) is 0 Å². The van der Waals surface area contributed by atoms with Crippen LogP contribution in [0.3, 0.4) is 0 Å². The van der Waals surface area contributed by atoms with Crippen molar-refractivity contribution in [3.63, 3.8) is 0 Å². The first-order chi connectivity index (χ1) is 5.72. The lowest BCUT2D eigenvalue weighted by molar-refractivity contribution is 0.560. The minimum Gasteiger partial charge on any atom is -0.384 e. The van der Waals surface area contributed by atoms with E-state index in [9.17, 15) is 0 Å². The fourth-order valence-corrected chi connectivity index (χ4v) is 1.17. The molecule has 0 aromatic carbocycles. The lowest BCUT2D eigenvalue weighted by Crippen LogP contribution is -1.99. The molecule has 0 aliphatic carbocycles. The quantitative estimate of drug-likeness (QED) is 0.744. The molecule has 1 aromatic rings. The SMILES string of the molecule is CCC(C)Cc1ccnc(N)c1. The Labute approximate surface area is 73.8 Å². The highest BCUT2D eigenvalue weighted by Crippen LogP contribution is 2.12. The molecule has 66 valence electrons. The molecule has 0 saturated heterocycles. The van der Waals surface area contributed by atoms with Gasteiger partial charge in [-0.05, 0) is 30.0 Å². The van der Waals surface area contributed by atoms with Crippen LogP contribution in [0.1, 0.15) is 25.8 Å². The predicted molar refractivity (Wildman–Crippen MR) is 51.8 cm³/mol. The normalized spacial score (nSPS) is 12.8. The van der Waals surface area contributed by atoms with E-state index in [-0.39, 0.29) is 0 Å². The van der Waals surface area contributed by atoms with E-state index in [1.54, 1.807) is 6.20 Å². The minimum absolute atomic E-state index is 0.621. The molecule has 0 fully saturated rings. The average molecular weight is 164 g/mol. The molecule has 1 rings (SSSR count).